The SMILES string of the molecule is CSC1(CNC(=O)c2cc(N)cnc2C)CCCCC1. The molecular weight excluding hydrogens is 270 g/mol. The molecule has 0 radical (unpaired) electrons. The molecule has 1 aromatic heterocycles. The molecule has 0 unspecified atom stereocenters. The Balaban J connectivity index is 2.02. The molecule has 0 aliphatic heterocycles. The average molecular weight is 293 g/mol. The largest absolute Gasteiger partial charge is 0.397 e. The first-order chi connectivity index (χ1) is 9.56. The zero-order valence-electron chi connectivity index (χ0n) is 12.2. The summed E-state index contributed by atoms with van der Waals surface area (Å²) < 4.78 is 0.204. The molecule has 110 valence electrons. The van der Waals surface area contributed by atoms with E-state index in [9.17, 15) is 4.79 Å². The number of hydrogen-bond donors (Lipinski definition) is 2. The van der Waals surface area contributed by atoms with Crippen molar-refractivity contribution in [2.75, 3.05) is 18.5 Å². The van der Waals surface area contributed by atoms with E-state index in [1.54, 1.807) is 12.3 Å². The molecule has 0 aromatic carbocycles. The fourth-order valence-electron chi connectivity index (χ4n) is 2.76. The highest BCUT2D eigenvalue weighted by molar-refractivity contribution is 8.00. The summed E-state index contributed by atoms with van der Waals surface area (Å²) in [6, 6.07) is 1.70. The Kier molecular flexibility index (Phi) is 4.91. The van der Waals surface area contributed by atoms with Gasteiger partial charge in [-0.25, -0.2) is 0 Å². The predicted molar refractivity (Wildman–Crippen MR) is 85.1 cm³/mol. The van der Waals surface area contributed by atoms with Crippen LogP contribution in [0.1, 0.15) is 48.2 Å². The van der Waals surface area contributed by atoms with Crippen molar-refractivity contribution in [3.63, 3.8) is 0 Å². The number of aromatic nitrogens is 1. The highest BCUT2D eigenvalue weighted by Crippen LogP contribution is 2.38. The third-order valence-electron chi connectivity index (χ3n) is 4.12. The van der Waals surface area contributed by atoms with Gasteiger partial charge in [-0.2, -0.15) is 11.8 Å². The van der Waals surface area contributed by atoms with Crippen LogP contribution < -0.4 is 11.1 Å². The Morgan fingerprint density at radius 3 is 2.80 bits per heavy atom. The number of carbonyl (C=O) groups is 1. The van der Waals surface area contributed by atoms with Crippen molar-refractivity contribution < 1.29 is 4.79 Å². The number of thioether (sulfide) groups is 1. The van der Waals surface area contributed by atoms with Crippen LogP contribution in [0.5, 0.6) is 0 Å². The number of nitrogens with zero attached hydrogens (tertiary/aromatic N) is 1. The topological polar surface area (TPSA) is 68.0 Å². The molecule has 0 spiro atoms. The number of hydrogen-bond acceptors (Lipinski definition) is 4. The van der Waals surface area contributed by atoms with Crippen molar-refractivity contribution in [2.24, 2.45) is 0 Å². The number of nitrogen functional groups attached to an aromatic ring is 1. The van der Waals surface area contributed by atoms with Crippen molar-refractivity contribution in [3.05, 3.63) is 23.5 Å². The lowest BCUT2D eigenvalue weighted by Gasteiger charge is -2.35. The number of aryl methyl sites for hydroxylation is 1. The molecule has 1 aliphatic rings. The van der Waals surface area contributed by atoms with Gasteiger partial charge in [-0.3, -0.25) is 9.78 Å². The maximum atomic E-state index is 12.3. The summed E-state index contributed by atoms with van der Waals surface area (Å²) in [5.74, 6) is -0.0682. The minimum atomic E-state index is -0.0682. The number of rotatable bonds is 4. The molecule has 1 aromatic rings. The summed E-state index contributed by atoms with van der Waals surface area (Å²) in [5.41, 5.74) is 7.54. The van der Waals surface area contributed by atoms with Gasteiger partial charge >= 0.3 is 0 Å². The Bertz CT molecular complexity index is 484. The maximum Gasteiger partial charge on any atom is 0.253 e. The molecule has 1 heterocycles. The van der Waals surface area contributed by atoms with Crippen molar-refractivity contribution in [1.82, 2.24) is 10.3 Å². The normalized spacial score (nSPS) is 17.7. The molecule has 0 saturated heterocycles. The molecule has 3 N–H and O–H groups in total. The zero-order valence-corrected chi connectivity index (χ0v) is 13.1. The number of pyridine rings is 1. The van der Waals surface area contributed by atoms with E-state index in [-0.39, 0.29) is 10.7 Å². The Hall–Kier alpha value is -1.23. The Morgan fingerprint density at radius 2 is 2.15 bits per heavy atom. The highest BCUT2D eigenvalue weighted by Gasteiger charge is 2.31. The summed E-state index contributed by atoms with van der Waals surface area (Å²) in [7, 11) is 0. The third kappa shape index (κ3) is 3.45. The van der Waals surface area contributed by atoms with Gasteiger partial charge in [0.2, 0.25) is 0 Å². The van der Waals surface area contributed by atoms with E-state index in [2.05, 4.69) is 16.6 Å². The van der Waals surface area contributed by atoms with Gasteiger partial charge in [0.25, 0.3) is 5.91 Å². The Morgan fingerprint density at radius 1 is 1.45 bits per heavy atom. The van der Waals surface area contributed by atoms with Crippen LogP contribution in [-0.2, 0) is 0 Å². The van der Waals surface area contributed by atoms with Crippen LogP contribution in [0.4, 0.5) is 5.69 Å². The number of anilines is 1. The van der Waals surface area contributed by atoms with Crippen molar-refractivity contribution in [1.29, 1.82) is 0 Å². The third-order valence-corrected chi connectivity index (χ3v) is 5.54. The van der Waals surface area contributed by atoms with Gasteiger partial charge in [0.15, 0.2) is 0 Å². The molecule has 5 heteroatoms. The van der Waals surface area contributed by atoms with Crippen molar-refractivity contribution >= 4 is 23.4 Å². The number of nitrogens with one attached hydrogen (secondary N) is 1. The molecule has 0 bridgehead atoms. The smallest absolute Gasteiger partial charge is 0.253 e. The summed E-state index contributed by atoms with van der Waals surface area (Å²) in [4.78, 5) is 16.4. The van der Waals surface area contributed by atoms with Crippen LogP contribution in [0, 0.1) is 6.92 Å². The summed E-state index contributed by atoms with van der Waals surface area (Å²) >= 11 is 1.88. The van der Waals surface area contributed by atoms with Crippen LogP contribution in [-0.4, -0.2) is 28.4 Å². The average Bonchev–Trinajstić information content (AvgIpc) is 2.48. The first-order valence-electron chi connectivity index (χ1n) is 7.12. The van der Waals surface area contributed by atoms with E-state index < -0.39 is 0 Å². The fraction of sp³-hybridized carbons (Fsp3) is 0.600. The summed E-state index contributed by atoms with van der Waals surface area (Å²) in [5, 5.41) is 3.07. The van der Waals surface area contributed by atoms with Crippen LogP contribution >= 0.6 is 11.8 Å². The lowest BCUT2D eigenvalue weighted by Crippen LogP contribution is -2.42. The molecule has 1 fully saturated rings. The van der Waals surface area contributed by atoms with E-state index in [1.165, 1.54) is 32.1 Å². The predicted octanol–water partition coefficient (Wildman–Crippen LogP) is 2.77. The lowest BCUT2D eigenvalue weighted by molar-refractivity contribution is 0.0946. The van der Waals surface area contributed by atoms with E-state index >= 15 is 0 Å². The molecule has 1 amide bonds. The first-order valence-corrected chi connectivity index (χ1v) is 8.34. The molecule has 0 atom stereocenters. The van der Waals surface area contributed by atoms with Gasteiger partial charge in [-0.1, -0.05) is 19.3 Å². The van der Waals surface area contributed by atoms with Crippen LogP contribution in [0.3, 0.4) is 0 Å². The highest BCUT2D eigenvalue weighted by atomic mass is 32.2. The monoisotopic (exact) mass is 293 g/mol. The molecule has 20 heavy (non-hydrogen) atoms. The first kappa shape index (κ1) is 15.2. The van der Waals surface area contributed by atoms with E-state index in [0.29, 0.717) is 11.3 Å². The maximum absolute atomic E-state index is 12.3. The van der Waals surface area contributed by atoms with Crippen molar-refractivity contribution in [3.8, 4) is 0 Å². The summed E-state index contributed by atoms with van der Waals surface area (Å²) in [6.45, 7) is 2.56. The lowest BCUT2D eigenvalue weighted by atomic mass is 9.88. The second-order valence-electron chi connectivity index (χ2n) is 5.53. The number of amides is 1. The second-order valence-corrected chi connectivity index (χ2v) is 6.81. The van der Waals surface area contributed by atoms with E-state index in [1.807, 2.05) is 18.7 Å². The second kappa shape index (κ2) is 6.48. The molecular formula is C15H23N3OS. The van der Waals surface area contributed by atoms with Gasteiger partial charge in [0, 0.05) is 11.3 Å². The standard InChI is InChI=1S/C15H23N3OS/c1-11-13(8-12(16)9-17-11)14(19)18-10-15(20-2)6-4-3-5-7-15/h8-9H,3-7,10,16H2,1-2H3,(H,18,19). The minimum Gasteiger partial charge on any atom is -0.397 e. The zero-order chi connectivity index (χ0) is 14.6. The minimum absolute atomic E-state index is 0.0682. The number of nitrogens with two attached hydrogens (primary N) is 1. The fourth-order valence-corrected chi connectivity index (χ4v) is 3.68. The molecule has 2 rings (SSSR count). The van der Waals surface area contributed by atoms with Crippen LogP contribution in [0.2, 0.25) is 0 Å². The van der Waals surface area contributed by atoms with E-state index in [0.717, 1.165) is 12.2 Å². The Labute approximate surface area is 124 Å². The van der Waals surface area contributed by atoms with Crippen LogP contribution in [0.25, 0.3) is 0 Å². The molecule has 4 nitrogen and oxygen atoms in total. The van der Waals surface area contributed by atoms with Gasteiger partial charge in [-0.05, 0) is 32.1 Å². The van der Waals surface area contributed by atoms with Gasteiger partial charge < -0.3 is 11.1 Å². The quantitative estimate of drug-likeness (QED) is 0.895. The molecule has 1 aliphatic carbocycles. The van der Waals surface area contributed by atoms with Gasteiger partial charge in [-0.15, -0.1) is 0 Å². The number of carbonyl (C=O) groups excluding carboxylic acids is 1. The van der Waals surface area contributed by atoms with Crippen LogP contribution in [0.15, 0.2) is 12.3 Å². The van der Waals surface area contributed by atoms with Gasteiger partial charge in [0.1, 0.15) is 0 Å². The van der Waals surface area contributed by atoms with Gasteiger partial charge in [0.05, 0.1) is 23.1 Å². The molecule has 1 saturated carbocycles. The summed E-state index contributed by atoms with van der Waals surface area (Å²) in [6.07, 6.45) is 9.92. The van der Waals surface area contributed by atoms with Crippen molar-refractivity contribution in [2.45, 2.75) is 43.8 Å². The van der Waals surface area contributed by atoms with E-state index in [4.69, 9.17) is 5.73 Å².